The number of hydrogen-bond donors (Lipinski definition) is 1. The van der Waals surface area contributed by atoms with Gasteiger partial charge in [-0.2, -0.15) is 0 Å². The molecule has 1 N–H and O–H groups in total. The Bertz CT molecular complexity index is 445. The average molecular weight is 223 g/mol. The SMILES string of the molecule is O=C(O)C1=NC(Cc2ccccc2F)CO1. The van der Waals surface area contributed by atoms with Gasteiger partial charge in [0.15, 0.2) is 0 Å². The zero-order chi connectivity index (χ0) is 11.5. The van der Waals surface area contributed by atoms with Crippen LogP contribution in [0.3, 0.4) is 0 Å². The van der Waals surface area contributed by atoms with E-state index in [4.69, 9.17) is 9.84 Å². The third kappa shape index (κ3) is 2.18. The van der Waals surface area contributed by atoms with Gasteiger partial charge in [0.25, 0.3) is 5.90 Å². The van der Waals surface area contributed by atoms with E-state index < -0.39 is 5.97 Å². The summed E-state index contributed by atoms with van der Waals surface area (Å²) in [5.74, 6) is -1.78. The van der Waals surface area contributed by atoms with Crippen LogP contribution in [0.1, 0.15) is 5.56 Å². The standard InChI is InChI=1S/C11H10FNO3/c12-9-4-2-1-3-7(9)5-8-6-16-10(13-8)11(14)15/h1-4,8H,5-6H2,(H,14,15). The van der Waals surface area contributed by atoms with Gasteiger partial charge in [0.05, 0.1) is 6.04 Å². The number of hydrogen-bond acceptors (Lipinski definition) is 3. The number of aliphatic carboxylic acids is 1. The third-order valence-corrected chi connectivity index (χ3v) is 2.31. The van der Waals surface area contributed by atoms with E-state index in [2.05, 4.69) is 4.99 Å². The first-order chi connectivity index (χ1) is 7.66. The van der Waals surface area contributed by atoms with Gasteiger partial charge in [-0.25, -0.2) is 14.2 Å². The van der Waals surface area contributed by atoms with Gasteiger partial charge >= 0.3 is 5.97 Å². The number of ether oxygens (including phenoxy) is 1. The van der Waals surface area contributed by atoms with E-state index in [9.17, 15) is 9.18 Å². The van der Waals surface area contributed by atoms with Crippen LogP contribution in [-0.4, -0.2) is 29.6 Å². The molecule has 0 saturated heterocycles. The predicted molar refractivity (Wildman–Crippen MR) is 54.9 cm³/mol. The van der Waals surface area contributed by atoms with Gasteiger partial charge in [0.2, 0.25) is 0 Å². The minimum absolute atomic E-state index is 0.190. The summed E-state index contributed by atoms with van der Waals surface area (Å²) >= 11 is 0. The number of benzene rings is 1. The van der Waals surface area contributed by atoms with Gasteiger partial charge in [-0.3, -0.25) is 0 Å². The van der Waals surface area contributed by atoms with Crippen LogP contribution in [0.5, 0.6) is 0 Å². The lowest BCUT2D eigenvalue weighted by molar-refractivity contribution is -0.130. The summed E-state index contributed by atoms with van der Waals surface area (Å²) in [7, 11) is 0. The topological polar surface area (TPSA) is 58.9 Å². The number of carbonyl (C=O) groups is 1. The fourth-order valence-corrected chi connectivity index (χ4v) is 1.55. The van der Waals surface area contributed by atoms with Crippen LogP contribution in [0, 0.1) is 5.82 Å². The van der Waals surface area contributed by atoms with E-state index in [1.807, 2.05) is 0 Å². The molecule has 0 fully saturated rings. The lowest BCUT2D eigenvalue weighted by Gasteiger charge is -2.05. The van der Waals surface area contributed by atoms with Gasteiger partial charge in [-0.15, -0.1) is 0 Å². The molecular weight excluding hydrogens is 213 g/mol. The molecule has 16 heavy (non-hydrogen) atoms. The van der Waals surface area contributed by atoms with Crippen LogP contribution in [0.25, 0.3) is 0 Å². The molecule has 0 aliphatic carbocycles. The highest BCUT2D eigenvalue weighted by Gasteiger charge is 2.24. The molecule has 5 heteroatoms. The van der Waals surface area contributed by atoms with Crippen LogP contribution < -0.4 is 0 Å². The highest BCUT2D eigenvalue weighted by molar-refractivity contribution is 6.32. The highest BCUT2D eigenvalue weighted by Crippen LogP contribution is 2.14. The second-order valence-electron chi connectivity index (χ2n) is 3.50. The normalized spacial score (nSPS) is 19.1. The first kappa shape index (κ1) is 10.6. The Labute approximate surface area is 91.4 Å². The van der Waals surface area contributed by atoms with E-state index in [0.29, 0.717) is 12.0 Å². The van der Waals surface area contributed by atoms with Gasteiger partial charge in [0.1, 0.15) is 12.4 Å². The zero-order valence-corrected chi connectivity index (χ0v) is 8.39. The Kier molecular flexibility index (Phi) is 2.85. The maximum Gasteiger partial charge on any atom is 0.391 e. The molecule has 0 aromatic heterocycles. The first-order valence-electron chi connectivity index (χ1n) is 4.84. The number of aliphatic imine (C=N–C) groups is 1. The molecule has 1 aromatic rings. The maximum atomic E-state index is 13.3. The fraction of sp³-hybridized carbons (Fsp3) is 0.273. The molecule has 0 bridgehead atoms. The summed E-state index contributed by atoms with van der Waals surface area (Å²) in [5.41, 5.74) is 0.520. The molecule has 84 valence electrons. The van der Waals surface area contributed by atoms with Crippen molar-refractivity contribution >= 4 is 11.9 Å². The molecule has 0 amide bonds. The van der Waals surface area contributed by atoms with E-state index >= 15 is 0 Å². The summed E-state index contributed by atoms with van der Waals surface area (Å²) < 4.78 is 18.2. The largest absolute Gasteiger partial charge is 0.474 e. The predicted octanol–water partition coefficient (Wildman–Crippen LogP) is 1.25. The summed E-state index contributed by atoms with van der Waals surface area (Å²) in [6.45, 7) is 0.190. The molecule has 1 aliphatic rings. The Morgan fingerprint density at radius 1 is 1.56 bits per heavy atom. The molecule has 1 atom stereocenters. The van der Waals surface area contributed by atoms with Crippen LogP contribution in [0.2, 0.25) is 0 Å². The zero-order valence-electron chi connectivity index (χ0n) is 8.39. The second kappa shape index (κ2) is 4.30. The Balaban J connectivity index is 2.08. The van der Waals surface area contributed by atoms with E-state index in [1.165, 1.54) is 6.07 Å². The van der Waals surface area contributed by atoms with Crippen molar-refractivity contribution in [1.29, 1.82) is 0 Å². The van der Waals surface area contributed by atoms with Gasteiger partial charge < -0.3 is 9.84 Å². The molecule has 1 aromatic carbocycles. The van der Waals surface area contributed by atoms with E-state index in [1.54, 1.807) is 18.2 Å². The number of carboxylic acids is 1. The summed E-state index contributed by atoms with van der Waals surface area (Å²) in [6, 6.07) is 6.05. The van der Waals surface area contributed by atoms with Crippen molar-refractivity contribution in [3.8, 4) is 0 Å². The molecule has 1 unspecified atom stereocenters. The van der Waals surface area contributed by atoms with Crippen molar-refractivity contribution in [3.05, 3.63) is 35.6 Å². The first-order valence-corrected chi connectivity index (χ1v) is 4.84. The summed E-state index contributed by atoms with van der Waals surface area (Å²) in [5, 5.41) is 8.62. The quantitative estimate of drug-likeness (QED) is 0.838. The molecule has 0 radical (unpaired) electrons. The van der Waals surface area contributed by atoms with Gasteiger partial charge in [0, 0.05) is 6.42 Å². The van der Waals surface area contributed by atoms with Crippen LogP contribution in [0.4, 0.5) is 4.39 Å². The molecule has 1 heterocycles. The Hall–Kier alpha value is -1.91. The van der Waals surface area contributed by atoms with Crippen molar-refractivity contribution in [2.75, 3.05) is 6.61 Å². The summed E-state index contributed by atoms with van der Waals surface area (Å²) in [4.78, 5) is 14.4. The molecule has 1 aliphatic heterocycles. The molecule has 0 spiro atoms. The molecule has 0 saturated carbocycles. The number of rotatable bonds is 3. The van der Waals surface area contributed by atoms with Crippen molar-refractivity contribution in [2.24, 2.45) is 4.99 Å². The minimum Gasteiger partial charge on any atom is -0.474 e. The Morgan fingerprint density at radius 2 is 2.31 bits per heavy atom. The van der Waals surface area contributed by atoms with Crippen molar-refractivity contribution in [2.45, 2.75) is 12.5 Å². The van der Waals surface area contributed by atoms with E-state index in [0.717, 1.165) is 0 Å². The summed E-state index contributed by atoms with van der Waals surface area (Å²) in [6.07, 6.45) is 0.351. The van der Waals surface area contributed by atoms with Gasteiger partial charge in [-0.1, -0.05) is 18.2 Å². The monoisotopic (exact) mass is 223 g/mol. The van der Waals surface area contributed by atoms with Crippen LogP contribution in [0.15, 0.2) is 29.3 Å². The van der Waals surface area contributed by atoms with Crippen molar-refractivity contribution in [3.63, 3.8) is 0 Å². The molecular formula is C11H10FNO3. The minimum atomic E-state index is -1.18. The average Bonchev–Trinajstić information content (AvgIpc) is 2.70. The smallest absolute Gasteiger partial charge is 0.391 e. The maximum absolute atomic E-state index is 13.3. The number of halogens is 1. The van der Waals surface area contributed by atoms with E-state index in [-0.39, 0.29) is 24.4 Å². The lowest BCUT2D eigenvalue weighted by atomic mass is 10.1. The lowest BCUT2D eigenvalue weighted by Crippen LogP contribution is -2.12. The van der Waals surface area contributed by atoms with Gasteiger partial charge in [-0.05, 0) is 11.6 Å². The van der Waals surface area contributed by atoms with Crippen molar-refractivity contribution in [1.82, 2.24) is 0 Å². The third-order valence-electron chi connectivity index (χ3n) is 2.31. The second-order valence-corrected chi connectivity index (χ2v) is 3.50. The molecule has 4 nitrogen and oxygen atoms in total. The molecule has 2 rings (SSSR count). The van der Waals surface area contributed by atoms with Crippen LogP contribution in [-0.2, 0) is 16.0 Å². The van der Waals surface area contributed by atoms with Crippen LogP contribution >= 0.6 is 0 Å². The van der Waals surface area contributed by atoms with Crippen molar-refractivity contribution < 1.29 is 19.0 Å². The highest BCUT2D eigenvalue weighted by atomic mass is 19.1. The Morgan fingerprint density at radius 3 is 2.94 bits per heavy atom. The number of carboxylic acid groups (broad SMARTS) is 1. The fourth-order valence-electron chi connectivity index (χ4n) is 1.55. The number of nitrogens with zero attached hydrogens (tertiary/aromatic N) is 1.